The zero-order chi connectivity index (χ0) is 22.3. The first kappa shape index (κ1) is 22.5. The van der Waals surface area contributed by atoms with Crippen LogP contribution in [-0.4, -0.2) is 34.4 Å². The van der Waals surface area contributed by atoms with Crippen molar-refractivity contribution in [2.45, 2.75) is 50.7 Å². The van der Waals surface area contributed by atoms with E-state index in [2.05, 4.69) is 15.5 Å². The fourth-order valence-electron chi connectivity index (χ4n) is 3.68. The van der Waals surface area contributed by atoms with Crippen molar-refractivity contribution in [1.82, 2.24) is 10.2 Å². The first-order valence-electron chi connectivity index (χ1n) is 10.8. The van der Waals surface area contributed by atoms with E-state index < -0.39 is 0 Å². The molecule has 0 saturated carbocycles. The lowest BCUT2D eigenvalue weighted by Crippen LogP contribution is -2.17. The minimum absolute atomic E-state index is 0.0985. The maximum atomic E-state index is 12.7. The summed E-state index contributed by atoms with van der Waals surface area (Å²) in [5.74, 6) is -0.0790. The first-order chi connectivity index (χ1) is 15.7. The fraction of sp³-hybridized carbons (Fsp3) is 0.391. The monoisotopic (exact) mass is 471 g/mol. The molecule has 7 nitrogen and oxygen atoms in total. The van der Waals surface area contributed by atoms with Crippen LogP contribution in [0.1, 0.15) is 53.4 Å². The maximum Gasteiger partial charge on any atom is 0.341 e. The van der Waals surface area contributed by atoms with Crippen molar-refractivity contribution < 1.29 is 18.7 Å². The average molecular weight is 472 g/mol. The second-order valence-electron chi connectivity index (χ2n) is 7.42. The van der Waals surface area contributed by atoms with Crippen LogP contribution in [0.2, 0.25) is 0 Å². The number of nitrogens with zero attached hydrogens (tertiary/aromatic N) is 2. The van der Waals surface area contributed by atoms with Crippen LogP contribution in [0.25, 0.3) is 11.5 Å². The summed E-state index contributed by atoms with van der Waals surface area (Å²) in [5, 5.41) is 11.9. The molecule has 1 aliphatic carbocycles. The Balaban J connectivity index is 1.45. The molecule has 9 heteroatoms. The van der Waals surface area contributed by atoms with Crippen molar-refractivity contribution in [2.75, 3.05) is 17.7 Å². The summed E-state index contributed by atoms with van der Waals surface area (Å²) < 4.78 is 10.9. The van der Waals surface area contributed by atoms with E-state index in [-0.39, 0.29) is 17.6 Å². The molecule has 1 N–H and O–H groups in total. The molecule has 0 radical (unpaired) electrons. The molecule has 4 rings (SSSR count). The summed E-state index contributed by atoms with van der Waals surface area (Å²) in [6, 6.07) is 9.47. The summed E-state index contributed by atoms with van der Waals surface area (Å²) in [7, 11) is 0. The molecule has 0 bridgehead atoms. The van der Waals surface area contributed by atoms with Gasteiger partial charge in [0.1, 0.15) is 5.00 Å². The molecule has 3 aromatic rings. The molecular weight excluding hydrogens is 446 g/mol. The van der Waals surface area contributed by atoms with Gasteiger partial charge >= 0.3 is 5.97 Å². The Morgan fingerprint density at radius 2 is 1.91 bits per heavy atom. The highest BCUT2D eigenvalue weighted by Gasteiger charge is 2.26. The van der Waals surface area contributed by atoms with Crippen LogP contribution >= 0.6 is 23.1 Å². The Labute approximate surface area is 195 Å². The van der Waals surface area contributed by atoms with E-state index in [1.54, 1.807) is 6.92 Å². The van der Waals surface area contributed by atoms with E-state index in [1.165, 1.54) is 34.4 Å². The quantitative estimate of drug-likeness (QED) is 0.366. The first-order valence-corrected chi connectivity index (χ1v) is 12.6. The minimum atomic E-state index is -0.363. The number of aryl methyl sites for hydroxylation is 1. The number of carbonyl (C=O) groups excluding carboxylic acids is 2. The number of benzene rings is 1. The van der Waals surface area contributed by atoms with E-state index in [1.807, 2.05) is 30.3 Å². The van der Waals surface area contributed by atoms with Gasteiger partial charge in [-0.25, -0.2) is 4.79 Å². The molecular formula is C23H25N3O4S2. The predicted octanol–water partition coefficient (Wildman–Crippen LogP) is 5.36. The molecule has 0 aliphatic heterocycles. The van der Waals surface area contributed by atoms with Gasteiger partial charge in [-0.1, -0.05) is 42.8 Å². The van der Waals surface area contributed by atoms with Crippen LogP contribution in [0.15, 0.2) is 40.0 Å². The topological polar surface area (TPSA) is 94.3 Å². The van der Waals surface area contributed by atoms with Crippen LogP contribution in [-0.2, 0) is 22.4 Å². The third-order valence-corrected chi connectivity index (χ3v) is 7.18. The zero-order valence-corrected chi connectivity index (χ0v) is 19.5. The van der Waals surface area contributed by atoms with Crippen LogP contribution in [0.3, 0.4) is 0 Å². The number of anilines is 1. The maximum absolute atomic E-state index is 12.7. The molecule has 0 fully saturated rings. The predicted molar refractivity (Wildman–Crippen MR) is 125 cm³/mol. The molecule has 1 aliphatic rings. The SMILES string of the molecule is CCOC(=O)c1c(NC(=O)CSc2nnc(-c3ccccc3)o2)sc2c1CCCCCC2. The number of hydrogen-bond donors (Lipinski definition) is 1. The molecule has 0 saturated heterocycles. The number of thioether (sulfide) groups is 1. The van der Waals surface area contributed by atoms with Crippen molar-refractivity contribution >= 4 is 40.0 Å². The number of aromatic nitrogens is 2. The average Bonchev–Trinajstić information content (AvgIpc) is 3.38. The lowest BCUT2D eigenvalue weighted by atomic mass is 9.96. The second kappa shape index (κ2) is 10.8. The largest absolute Gasteiger partial charge is 0.462 e. The molecule has 1 amide bonds. The molecule has 2 heterocycles. The number of hydrogen-bond acceptors (Lipinski definition) is 8. The van der Waals surface area contributed by atoms with Crippen molar-refractivity contribution in [3.05, 3.63) is 46.3 Å². The van der Waals surface area contributed by atoms with E-state index >= 15 is 0 Å². The van der Waals surface area contributed by atoms with Gasteiger partial charge in [-0.15, -0.1) is 21.5 Å². The van der Waals surface area contributed by atoms with Crippen molar-refractivity contribution in [2.24, 2.45) is 0 Å². The number of fused-ring (bicyclic) bond motifs is 1. The third-order valence-electron chi connectivity index (χ3n) is 5.16. The van der Waals surface area contributed by atoms with Crippen LogP contribution in [0.5, 0.6) is 0 Å². The normalized spacial score (nSPS) is 13.7. The summed E-state index contributed by atoms with van der Waals surface area (Å²) in [6.07, 6.45) is 6.26. The summed E-state index contributed by atoms with van der Waals surface area (Å²) in [5.41, 5.74) is 2.39. The minimum Gasteiger partial charge on any atom is -0.462 e. The Kier molecular flexibility index (Phi) is 7.59. The Morgan fingerprint density at radius 3 is 2.69 bits per heavy atom. The van der Waals surface area contributed by atoms with E-state index in [9.17, 15) is 9.59 Å². The molecule has 168 valence electrons. The van der Waals surface area contributed by atoms with Crippen molar-refractivity contribution in [3.63, 3.8) is 0 Å². The van der Waals surface area contributed by atoms with Gasteiger partial charge in [0.05, 0.1) is 17.9 Å². The number of carbonyl (C=O) groups is 2. The van der Waals surface area contributed by atoms with Crippen molar-refractivity contribution in [3.8, 4) is 11.5 Å². The van der Waals surface area contributed by atoms with Crippen LogP contribution < -0.4 is 5.32 Å². The molecule has 0 atom stereocenters. The van der Waals surface area contributed by atoms with Crippen LogP contribution in [0.4, 0.5) is 5.00 Å². The van der Waals surface area contributed by atoms with E-state index in [0.29, 0.717) is 28.3 Å². The highest BCUT2D eigenvalue weighted by Crippen LogP contribution is 2.37. The Hall–Kier alpha value is -2.65. The van der Waals surface area contributed by atoms with Gasteiger partial charge in [-0.05, 0) is 50.3 Å². The molecule has 32 heavy (non-hydrogen) atoms. The number of thiophene rings is 1. The van der Waals surface area contributed by atoms with Gasteiger partial charge in [-0.3, -0.25) is 4.79 Å². The highest BCUT2D eigenvalue weighted by atomic mass is 32.2. The Morgan fingerprint density at radius 1 is 1.12 bits per heavy atom. The summed E-state index contributed by atoms with van der Waals surface area (Å²) >= 11 is 2.66. The lowest BCUT2D eigenvalue weighted by Gasteiger charge is -2.11. The molecule has 1 aromatic carbocycles. The number of esters is 1. The fourth-order valence-corrected chi connectivity index (χ4v) is 5.54. The number of ether oxygens (including phenoxy) is 1. The standard InChI is InChI=1S/C23H25N3O4S2/c1-2-29-22(28)19-16-12-8-3-4-9-13-17(16)32-21(19)24-18(27)14-31-23-26-25-20(30-23)15-10-6-5-7-11-15/h5-7,10-11H,2-4,8-9,12-14H2,1H3,(H,24,27). The van der Waals surface area contributed by atoms with Gasteiger partial charge in [-0.2, -0.15) is 0 Å². The lowest BCUT2D eigenvalue weighted by molar-refractivity contribution is -0.113. The molecule has 2 aromatic heterocycles. The van der Waals surface area contributed by atoms with Gasteiger partial charge in [0.15, 0.2) is 0 Å². The third kappa shape index (κ3) is 5.39. The van der Waals surface area contributed by atoms with Gasteiger partial charge < -0.3 is 14.5 Å². The zero-order valence-electron chi connectivity index (χ0n) is 17.9. The molecule has 0 spiro atoms. The number of amides is 1. The number of rotatable bonds is 7. The van der Waals surface area contributed by atoms with Gasteiger partial charge in [0.25, 0.3) is 5.22 Å². The van der Waals surface area contributed by atoms with Gasteiger partial charge in [0, 0.05) is 10.4 Å². The van der Waals surface area contributed by atoms with Crippen molar-refractivity contribution in [1.29, 1.82) is 0 Å². The van der Waals surface area contributed by atoms with E-state index in [0.717, 1.165) is 43.2 Å². The summed E-state index contributed by atoms with van der Waals surface area (Å²) in [4.78, 5) is 26.5. The van der Waals surface area contributed by atoms with Crippen LogP contribution in [0, 0.1) is 0 Å². The highest BCUT2D eigenvalue weighted by molar-refractivity contribution is 7.99. The Bertz CT molecular complexity index is 1080. The number of nitrogens with one attached hydrogen (secondary N) is 1. The smallest absolute Gasteiger partial charge is 0.341 e. The van der Waals surface area contributed by atoms with E-state index in [4.69, 9.17) is 9.15 Å². The summed E-state index contributed by atoms with van der Waals surface area (Å²) in [6.45, 7) is 2.09. The molecule has 0 unspecified atom stereocenters. The van der Waals surface area contributed by atoms with Gasteiger partial charge in [0.2, 0.25) is 11.8 Å². The second-order valence-corrected chi connectivity index (χ2v) is 9.45.